The van der Waals surface area contributed by atoms with Crippen molar-refractivity contribution in [2.75, 3.05) is 13.7 Å². The Morgan fingerprint density at radius 2 is 2.11 bits per heavy atom. The number of azide groups is 1. The summed E-state index contributed by atoms with van der Waals surface area (Å²) >= 11 is 0. The van der Waals surface area contributed by atoms with Crippen LogP contribution in [0.4, 0.5) is 0 Å². The van der Waals surface area contributed by atoms with E-state index in [-0.39, 0.29) is 13.0 Å². The SMILES string of the molecule is COc1cc(C)cc(C(O)C(O)CCN=[N+]=[N-])c1. The molecule has 6 nitrogen and oxygen atoms in total. The highest BCUT2D eigenvalue weighted by molar-refractivity contribution is 5.35. The molecule has 6 heteroatoms. The van der Waals surface area contributed by atoms with Crippen LogP contribution in [-0.4, -0.2) is 30.0 Å². The number of aryl methyl sites for hydroxylation is 1. The highest BCUT2D eigenvalue weighted by Gasteiger charge is 2.18. The number of nitrogens with zero attached hydrogens (tertiary/aromatic N) is 3. The van der Waals surface area contributed by atoms with Gasteiger partial charge in [0, 0.05) is 11.5 Å². The molecule has 1 rings (SSSR count). The second kappa shape index (κ2) is 6.86. The van der Waals surface area contributed by atoms with Gasteiger partial charge in [0.15, 0.2) is 0 Å². The zero-order chi connectivity index (χ0) is 13.5. The van der Waals surface area contributed by atoms with Crippen molar-refractivity contribution in [1.82, 2.24) is 0 Å². The van der Waals surface area contributed by atoms with Crippen LogP contribution in [0.25, 0.3) is 10.4 Å². The second-order valence-electron chi connectivity index (χ2n) is 4.04. The van der Waals surface area contributed by atoms with Crippen molar-refractivity contribution in [3.63, 3.8) is 0 Å². The van der Waals surface area contributed by atoms with Crippen molar-refractivity contribution in [1.29, 1.82) is 0 Å². The Bertz CT molecular complexity index is 444. The fourth-order valence-electron chi connectivity index (χ4n) is 1.68. The normalized spacial score (nSPS) is 13.6. The third-order valence-electron chi connectivity index (χ3n) is 2.60. The number of rotatable bonds is 6. The monoisotopic (exact) mass is 251 g/mol. The van der Waals surface area contributed by atoms with E-state index in [1.54, 1.807) is 19.2 Å². The zero-order valence-electron chi connectivity index (χ0n) is 10.4. The lowest BCUT2D eigenvalue weighted by Crippen LogP contribution is -2.19. The van der Waals surface area contributed by atoms with Gasteiger partial charge in [-0.25, -0.2) is 0 Å². The molecule has 0 heterocycles. The van der Waals surface area contributed by atoms with E-state index in [4.69, 9.17) is 10.3 Å². The van der Waals surface area contributed by atoms with Crippen LogP contribution in [0.15, 0.2) is 23.3 Å². The van der Waals surface area contributed by atoms with E-state index in [9.17, 15) is 10.2 Å². The molecule has 0 spiro atoms. The predicted octanol–water partition coefficient (Wildman–Crippen LogP) is 2.10. The van der Waals surface area contributed by atoms with Gasteiger partial charge < -0.3 is 14.9 Å². The minimum Gasteiger partial charge on any atom is -0.497 e. The second-order valence-corrected chi connectivity index (χ2v) is 4.04. The zero-order valence-corrected chi connectivity index (χ0v) is 10.4. The van der Waals surface area contributed by atoms with Crippen LogP contribution in [0.5, 0.6) is 5.75 Å². The van der Waals surface area contributed by atoms with Crippen molar-refractivity contribution < 1.29 is 14.9 Å². The van der Waals surface area contributed by atoms with Crippen molar-refractivity contribution in [3.05, 3.63) is 39.8 Å². The van der Waals surface area contributed by atoms with Gasteiger partial charge in [-0.3, -0.25) is 0 Å². The maximum absolute atomic E-state index is 9.99. The van der Waals surface area contributed by atoms with Gasteiger partial charge in [-0.05, 0) is 42.1 Å². The van der Waals surface area contributed by atoms with Crippen LogP contribution in [0, 0.1) is 6.92 Å². The lowest BCUT2D eigenvalue weighted by molar-refractivity contribution is 0.0149. The smallest absolute Gasteiger partial charge is 0.119 e. The van der Waals surface area contributed by atoms with Gasteiger partial charge in [-0.2, -0.15) is 0 Å². The van der Waals surface area contributed by atoms with Gasteiger partial charge in [0.2, 0.25) is 0 Å². The van der Waals surface area contributed by atoms with Crippen molar-refractivity contribution >= 4 is 0 Å². The summed E-state index contributed by atoms with van der Waals surface area (Å²) in [6.45, 7) is 2.03. The van der Waals surface area contributed by atoms with Gasteiger partial charge in [0.05, 0.1) is 13.2 Å². The van der Waals surface area contributed by atoms with Crippen LogP contribution in [-0.2, 0) is 0 Å². The Balaban J connectivity index is 2.78. The number of methoxy groups -OCH3 is 1. The number of hydrogen-bond acceptors (Lipinski definition) is 4. The summed E-state index contributed by atoms with van der Waals surface area (Å²) < 4.78 is 5.10. The number of aliphatic hydroxyl groups is 2. The van der Waals surface area contributed by atoms with Crippen molar-refractivity contribution in [2.45, 2.75) is 25.6 Å². The summed E-state index contributed by atoms with van der Waals surface area (Å²) in [7, 11) is 1.54. The summed E-state index contributed by atoms with van der Waals surface area (Å²) in [5.74, 6) is 0.631. The minimum atomic E-state index is -1.02. The van der Waals surface area contributed by atoms with E-state index < -0.39 is 12.2 Å². The number of aliphatic hydroxyl groups excluding tert-OH is 2. The van der Waals surface area contributed by atoms with Crippen molar-refractivity contribution in [3.8, 4) is 5.75 Å². The highest BCUT2D eigenvalue weighted by atomic mass is 16.5. The summed E-state index contributed by atoms with van der Waals surface area (Å²) in [6, 6.07) is 5.29. The first-order chi connectivity index (χ1) is 8.58. The number of ether oxygens (including phenoxy) is 1. The minimum absolute atomic E-state index is 0.150. The van der Waals surface area contributed by atoms with E-state index in [2.05, 4.69) is 10.0 Å². The van der Waals surface area contributed by atoms with E-state index in [0.29, 0.717) is 11.3 Å². The van der Waals surface area contributed by atoms with Gasteiger partial charge in [-0.1, -0.05) is 11.2 Å². The molecule has 0 aliphatic carbocycles. The van der Waals surface area contributed by atoms with E-state index in [1.165, 1.54) is 0 Å². The molecule has 0 aliphatic rings. The summed E-state index contributed by atoms with van der Waals surface area (Å²) in [6.07, 6.45) is -1.78. The summed E-state index contributed by atoms with van der Waals surface area (Å²) in [5.41, 5.74) is 9.66. The largest absolute Gasteiger partial charge is 0.497 e. The fourth-order valence-corrected chi connectivity index (χ4v) is 1.68. The van der Waals surface area contributed by atoms with Crippen molar-refractivity contribution in [2.24, 2.45) is 5.11 Å². The lowest BCUT2D eigenvalue weighted by Gasteiger charge is -2.18. The number of benzene rings is 1. The topological polar surface area (TPSA) is 98.5 Å². The van der Waals surface area contributed by atoms with Gasteiger partial charge >= 0.3 is 0 Å². The van der Waals surface area contributed by atoms with Gasteiger partial charge in [-0.15, -0.1) is 0 Å². The molecule has 0 aromatic heterocycles. The van der Waals surface area contributed by atoms with Crippen LogP contribution in [0.1, 0.15) is 23.7 Å². The first-order valence-electron chi connectivity index (χ1n) is 5.61. The molecule has 0 fully saturated rings. The third kappa shape index (κ3) is 3.92. The van der Waals surface area contributed by atoms with Gasteiger partial charge in [0.25, 0.3) is 0 Å². The molecule has 98 valence electrons. The third-order valence-corrected chi connectivity index (χ3v) is 2.60. The average molecular weight is 251 g/mol. The Hall–Kier alpha value is -1.75. The molecule has 0 radical (unpaired) electrons. The lowest BCUT2D eigenvalue weighted by atomic mass is 10.00. The molecule has 1 aromatic carbocycles. The van der Waals surface area contributed by atoms with Crippen LogP contribution >= 0.6 is 0 Å². The molecule has 0 amide bonds. The summed E-state index contributed by atoms with van der Waals surface area (Å²) in [5, 5.41) is 23.1. The Morgan fingerprint density at radius 3 is 2.72 bits per heavy atom. The fraction of sp³-hybridized carbons (Fsp3) is 0.500. The molecule has 18 heavy (non-hydrogen) atoms. The van der Waals surface area contributed by atoms with Crippen LogP contribution in [0.3, 0.4) is 0 Å². The predicted molar refractivity (Wildman–Crippen MR) is 67.3 cm³/mol. The van der Waals surface area contributed by atoms with E-state index in [0.717, 1.165) is 5.56 Å². The molecule has 0 aliphatic heterocycles. The molecular formula is C12H17N3O3. The van der Waals surface area contributed by atoms with E-state index >= 15 is 0 Å². The molecule has 0 saturated carbocycles. The molecule has 2 N–H and O–H groups in total. The molecule has 2 unspecified atom stereocenters. The number of hydrogen-bond donors (Lipinski definition) is 2. The molecule has 2 atom stereocenters. The van der Waals surface area contributed by atoms with Gasteiger partial charge in [0.1, 0.15) is 11.9 Å². The van der Waals surface area contributed by atoms with Crippen LogP contribution in [0.2, 0.25) is 0 Å². The molecule has 0 saturated heterocycles. The standard InChI is InChI=1S/C12H17N3O3/c1-8-5-9(7-10(6-8)18-2)12(17)11(16)3-4-14-15-13/h5-7,11-12,16-17H,3-4H2,1-2H3. The van der Waals surface area contributed by atoms with E-state index in [1.807, 2.05) is 13.0 Å². The Kier molecular flexibility index (Phi) is 5.45. The first kappa shape index (κ1) is 14.3. The molecule has 1 aromatic rings. The highest BCUT2D eigenvalue weighted by Crippen LogP contribution is 2.24. The van der Waals surface area contributed by atoms with Crippen LogP contribution < -0.4 is 4.74 Å². The molecular weight excluding hydrogens is 234 g/mol. The average Bonchev–Trinajstić information content (AvgIpc) is 2.37. The quantitative estimate of drug-likeness (QED) is 0.460. The Morgan fingerprint density at radius 1 is 1.39 bits per heavy atom. The first-order valence-corrected chi connectivity index (χ1v) is 5.61. The Labute approximate surface area is 105 Å². The summed E-state index contributed by atoms with van der Waals surface area (Å²) in [4.78, 5) is 2.59. The maximum Gasteiger partial charge on any atom is 0.119 e. The maximum atomic E-state index is 9.99. The molecule has 0 bridgehead atoms.